The van der Waals surface area contributed by atoms with E-state index < -0.39 is 5.41 Å². The summed E-state index contributed by atoms with van der Waals surface area (Å²) in [6.45, 7) is 2.00. The lowest BCUT2D eigenvalue weighted by Crippen LogP contribution is -2.73. The number of rotatable bonds is 0. The topological polar surface area (TPSA) is 32.6 Å². The maximum absolute atomic E-state index is 6.87. The second kappa shape index (κ2) is 9.16. The number of furan rings is 1. The number of fused-ring (bicyclic) bond motifs is 11. The highest BCUT2D eigenvalue weighted by molar-refractivity contribution is 6.09. The largest absolute Gasteiger partial charge is 0.454 e. The second-order valence-electron chi connectivity index (χ2n) is 13.9. The monoisotopic (exact) mass is 616 g/mol. The summed E-state index contributed by atoms with van der Waals surface area (Å²) in [6.07, 6.45) is 17.1. The SMILES string of the molecule is CN1C=CN2c3c(ccc4c3oc3ccccc34)CCc3ccccc3N3C=CN4CCCN5C=CN6c7ccccc7C(C12)(C43)C56. The van der Waals surface area contributed by atoms with Gasteiger partial charge in [0.2, 0.25) is 0 Å². The number of aryl methyl sites for hydroxylation is 2. The molecule has 0 saturated carbocycles. The number of nitrogens with zero attached hydrogens (tertiary/aromatic N) is 6. The molecule has 7 heterocycles. The van der Waals surface area contributed by atoms with Gasteiger partial charge in [-0.25, -0.2) is 0 Å². The van der Waals surface area contributed by atoms with Gasteiger partial charge in [-0.05, 0) is 54.2 Å². The Hall–Kier alpha value is -5.30. The average Bonchev–Trinajstić information content (AvgIpc) is 3.91. The van der Waals surface area contributed by atoms with E-state index in [1.54, 1.807) is 0 Å². The number of likely N-dealkylation sites (N-methyl/N-ethyl adjacent to an activating group) is 1. The van der Waals surface area contributed by atoms with Crippen molar-refractivity contribution in [2.75, 3.05) is 34.8 Å². The molecule has 11 rings (SSSR count). The Balaban J connectivity index is 1.28. The van der Waals surface area contributed by atoms with Crippen LogP contribution in [0.25, 0.3) is 21.9 Å². The first-order chi connectivity index (χ1) is 23.2. The van der Waals surface area contributed by atoms with Crippen LogP contribution in [0.15, 0.2) is 127 Å². The molecule has 0 aliphatic carbocycles. The van der Waals surface area contributed by atoms with Gasteiger partial charge in [-0.3, -0.25) is 0 Å². The van der Waals surface area contributed by atoms with Crippen LogP contribution >= 0.6 is 0 Å². The van der Waals surface area contributed by atoms with Crippen LogP contribution < -0.4 is 14.7 Å². The third-order valence-electron chi connectivity index (χ3n) is 11.7. The Morgan fingerprint density at radius 1 is 0.596 bits per heavy atom. The minimum Gasteiger partial charge on any atom is -0.454 e. The van der Waals surface area contributed by atoms with Crippen LogP contribution in [0.4, 0.5) is 17.1 Å². The number of hydrogen-bond acceptors (Lipinski definition) is 7. The molecule has 0 N–H and O–H groups in total. The number of anilines is 3. The van der Waals surface area contributed by atoms with Crippen LogP contribution in [-0.2, 0) is 18.3 Å². The highest BCUT2D eigenvalue weighted by Crippen LogP contribution is 2.59. The van der Waals surface area contributed by atoms with Gasteiger partial charge in [-0.15, -0.1) is 0 Å². The van der Waals surface area contributed by atoms with E-state index >= 15 is 0 Å². The number of hydrogen-bond donors (Lipinski definition) is 0. The molecule has 6 aliphatic heterocycles. The Morgan fingerprint density at radius 2 is 1.28 bits per heavy atom. The molecule has 7 nitrogen and oxygen atoms in total. The minimum atomic E-state index is -0.412. The maximum Gasteiger partial charge on any atom is 0.159 e. The van der Waals surface area contributed by atoms with Crippen molar-refractivity contribution in [2.45, 2.75) is 43.2 Å². The van der Waals surface area contributed by atoms with Gasteiger partial charge in [-0.1, -0.05) is 66.7 Å². The molecule has 6 aliphatic rings. The Morgan fingerprint density at radius 3 is 2.13 bits per heavy atom. The molecule has 4 atom stereocenters. The van der Waals surface area contributed by atoms with Gasteiger partial charge in [0, 0.05) is 79.5 Å². The van der Waals surface area contributed by atoms with Crippen LogP contribution in [0.2, 0.25) is 0 Å². The molecular formula is C40H36N6O. The maximum atomic E-state index is 6.87. The van der Waals surface area contributed by atoms with Crippen LogP contribution in [0, 0.1) is 0 Å². The summed E-state index contributed by atoms with van der Waals surface area (Å²) in [5, 5.41) is 2.35. The fourth-order valence-electron chi connectivity index (χ4n) is 9.95. The summed E-state index contributed by atoms with van der Waals surface area (Å²) in [5.74, 6) is 0. The molecule has 4 aromatic carbocycles. The predicted molar refractivity (Wildman–Crippen MR) is 188 cm³/mol. The first-order valence-corrected chi connectivity index (χ1v) is 17.0. The Labute approximate surface area is 274 Å². The van der Waals surface area contributed by atoms with Gasteiger partial charge in [0.25, 0.3) is 0 Å². The molecule has 47 heavy (non-hydrogen) atoms. The third-order valence-corrected chi connectivity index (χ3v) is 11.7. The van der Waals surface area contributed by atoms with Gasteiger partial charge in [0.1, 0.15) is 29.5 Å². The number of benzene rings is 4. The van der Waals surface area contributed by atoms with E-state index in [1.165, 1.54) is 44.5 Å². The first-order valence-electron chi connectivity index (χ1n) is 17.0. The van der Waals surface area contributed by atoms with E-state index in [0.29, 0.717) is 0 Å². The van der Waals surface area contributed by atoms with Crippen molar-refractivity contribution in [3.05, 3.63) is 139 Å². The molecular weight excluding hydrogens is 580 g/mol. The second-order valence-corrected chi connectivity index (χ2v) is 13.9. The van der Waals surface area contributed by atoms with Gasteiger partial charge in [0.05, 0.1) is 5.69 Å². The summed E-state index contributed by atoms with van der Waals surface area (Å²) >= 11 is 0. The van der Waals surface area contributed by atoms with Gasteiger partial charge in [0.15, 0.2) is 5.58 Å². The van der Waals surface area contributed by atoms with Crippen molar-refractivity contribution in [2.24, 2.45) is 0 Å². The molecule has 1 spiro atoms. The number of para-hydroxylation sites is 3. The van der Waals surface area contributed by atoms with Crippen molar-refractivity contribution >= 4 is 39.0 Å². The Kier molecular flexibility index (Phi) is 5.03. The smallest absolute Gasteiger partial charge is 0.159 e. The standard InChI is InChI=1S/C40H36N6O/c1-41-21-24-46-35-28(17-18-30-29-10-3-7-14-34(29)47-36(30)35)16-15-27-9-2-5-12-32(27)44-25-22-42-19-8-20-43-23-26-45-33-13-6-4-11-31(33)40(37(41)46,38(42)44)39(43)45/h2-7,9-14,17-18,21-26,37-39H,8,15-16,19-20H2,1H3. The third kappa shape index (κ3) is 3.17. The van der Waals surface area contributed by atoms with Crippen LogP contribution in [0.1, 0.15) is 23.1 Å². The predicted octanol–water partition coefficient (Wildman–Crippen LogP) is 7.13. The van der Waals surface area contributed by atoms with E-state index in [2.05, 4.69) is 159 Å². The normalized spacial score (nSPS) is 26.6. The zero-order valence-electron chi connectivity index (χ0n) is 26.4. The molecule has 232 valence electrons. The molecule has 5 aromatic rings. The molecule has 1 saturated heterocycles. The first kappa shape index (κ1) is 25.8. The molecule has 1 aromatic heterocycles. The molecule has 0 bridgehead atoms. The van der Waals surface area contributed by atoms with Crippen LogP contribution in [-0.4, -0.2) is 53.3 Å². The van der Waals surface area contributed by atoms with Crippen molar-refractivity contribution in [3.63, 3.8) is 0 Å². The summed E-state index contributed by atoms with van der Waals surface area (Å²) in [7, 11) is 2.27. The highest BCUT2D eigenvalue weighted by atomic mass is 16.3. The average molecular weight is 617 g/mol. The lowest BCUT2D eigenvalue weighted by molar-refractivity contribution is 0.0333. The fourth-order valence-corrected chi connectivity index (χ4v) is 9.95. The van der Waals surface area contributed by atoms with Crippen LogP contribution in [0.3, 0.4) is 0 Å². The van der Waals surface area contributed by atoms with Crippen molar-refractivity contribution in [1.29, 1.82) is 0 Å². The molecule has 0 amide bonds. The summed E-state index contributed by atoms with van der Waals surface area (Å²) in [5.41, 5.74) is 9.39. The van der Waals surface area contributed by atoms with Gasteiger partial charge >= 0.3 is 0 Å². The molecule has 7 heteroatoms. The molecule has 0 radical (unpaired) electrons. The van der Waals surface area contributed by atoms with E-state index in [-0.39, 0.29) is 18.5 Å². The fraction of sp³-hybridized carbons (Fsp3) is 0.250. The van der Waals surface area contributed by atoms with E-state index in [4.69, 9.17) is 4.42 Å². The van der Waals surface area contributed by atoms with E-state index in [9.17, 15) is 0 Å². The van der Waals surface area contributed by atoms with Gasteiger partial charge < -0.3 is 33.8 Å². The summed E-state index contributed by atoms with van der Waals surface area (Å²) < 4.78 is 6.87. The van der Waals surface area contributed by atoms with Crippen molar-refractivity contribution in [3.8, 4) is 0 Å². The van der Waals surface area contributed by atoms with Crippen molar-refractivity contribution < 1.29 is 4.42 Å². The van der Waals surface area contributed by atoms with Crippen LogP contribution in [0.5, 0.6) is 0 Å². The van der Waals surface area contributed by atoms with Gasteiger partial charge in [-0.2, -0.15) is 0 Å². The zero-order valence-corrected chi connectivity index (χ0v) is 26.4. The lowest BCUT2D eigenvalue weighted by atomic mass is 9.71. The summed E-state index contributed by atoms with van der Waals surface area (Å²) in [6, 6.07) is 31.4. The molecule has 1 fully saturated rings. The van der Waals surface area contributed by atoms with E-state index in [1.807, 2.05) is 0 Å². The summed E-state index contributed by atoms with van der Waals surface area (Å²) in [4.78, 5) is 15.5. The quantitative estimate of drug-likeness (QED) is 0.183. The zero-order chi connectivity index (χ0) is 30.9. The highest BCUT2D eigenvalue weighted by Gasteiger charge is 2.68. The minimum absolute atomic E-state index is 0.0359. The van der Waals surface area contributed by atoms with Crippen molar-refractivity contribution in [1.82, 2.24) is 14.7 Å². The molecule has 4 unspecified atom stereocenters. The van der Waals surface area contributed by atoms with E-state index in [0.717, 1.165) is 43.5 Å². The Bertz CT molecular complexity index is 2200. The lowest BCUT2D eigenvalue weighted by Gasteiger charge is -2.57.